The number of aliphatic hydroxyl groups is 2. The minimum absolute atomic E-state index is 0.135. The molecule has 0 radical (unpaired) electrons. The number of benzene rings is 2. The molecule has 0 amide bonds. The smallest absolute Gasteiger partial charge is 0.343 e. The van der Waals surface area contributed by atoms with Gasteiger partial charge in [0.05, 0.1) is 13.2 Å². The highest BCUT2D eigenvalue weighted by Crippen LogP contribution is 2.20. The summed E-state index contributed by atoms with van der Waals surface area (Å²) >= 11 is 0. The second-order valence-corrected chi connectivity index (χ2v) is 7.08. The van der Waals surface area contributed by atoms with Crippen LogP contribution in [0, 0.1) is 0 Å². The van der Waals surface area contributed by atoms with Gasteiger partial charge < -0.3 is 29.2 Å². The van der Waals surface area contributed by atoms with Crippen LogP contribution in [0.3, 0.4) is 0 Å². The molecule has 2 N–H and O–H groups in total. The zero-order chi connectivity index (χ0) is 23.3. The van der Waals surface area contributed by atoms with Crippen LogP contribution < -0.4 is 18.9 Å². The highest BCUT2D eigenvalue weighted by atomic mass is 16.6. The van der Waals surface area contributed by atoms with Crippen molar-refractivity contribution in [2.45, 2.75) is 51.7 Å². The Labute approximate surface area is 187 Å². The molecule has 174 valence electrons. The number of aliphatic hydroxyl groups excluding tert-OH is 2. The largest absolute Gasteiger partial charge is 0.494 e. The van der Waals surface area contributed by atoms with Crippen LogP contribution in [-0.4, -0.2) is 47.6 Å². The number of unbranched alkanes of at least 4 members (excludes halogenated alkanes) is 2. The van der Waals surface area contributed by atoms with Crippen LogP contribution in [0.5, 0.6) is 23.0 Å². The molecule has 8 nitrogen and oxygen atoms in total. The van der Waals surface area contributed by atoms with Gasteiger partial charge in [0.2, 0.25) is 0 Å². The van der Waals surface area contributed by atoms with E-state index in [0.29, 0.717) is 24.7 Å². The number of hydrogen-bond donors (Lipinski definition) is 2. The van der Waals surface area contributed by atoms with Crippen LogP contribution in [-0.2, 0) is 9.59 Å². The van der Waals surface area contributed by atoms with Crippen LogP contribution in [0.2, 0.25) is 0 Å². The van der Waals surface area contributed by atoms with Crippen LogP contribution >= 0.6 is 0 Å². The van der Waals surface area contributed by atoms with E-state index < -0.39 is 24.1 Å². The van der Waals surface area contributed by atoms with Crippen molar-refractivity contribution >= 4 is 11.9 Å². The topological polar surface area (TPSA) is 112 Å². The van der Waals surface area contributed by atoms with E-state index in [4.69, 9.17) is 18.9 Å². The van der Waals surface area contributed by atoms with Gasteiger partial charge in [0, 0.05) is 0 Å². The number of hydrogen-bond acceptors (Lipinski definition) is 8. The van der Waals surface area contributed by atoms with Gasteiger partial charge >= 0.3 is 11.9 Å². The summed E-state index contributed by atoms with van der Waals surface area (Å²) in [6.07, 6.45) is -0.352. The van der Waals surface area contributed by atoms with Gasteiger partial charge in [-0.2, -0.15) is 0 Å². The summed E-state index contributed by atoms with van der Waals surface area (Å²) in [6, 6.07) is 12.4. The molecule has 8 heteroatoms. The SMILES string of the molecule is CCCCOc1ccc(OC(=O)C(O)C(O)C(=O)Oc2ccc(OCCCC)cc2)cc1. The zero-order valence-corrected chi connectivity index (χ0v) is 18.4. The molecule has 0 aliphatic rings. The van der Waals surface area contributed by atoms with Crippen molar-refractivity contribution in [1.29, 1.82) is 0 Å². The lowest BCUT2D eigenvalue weighted by atomic mass is 10.2. The van der Waals surface area contributed by atoms with Gasteiger partial charge in [-0.05, 0) is 61.4 Å². The van der Waals surface area contributed by atoms with Gasteiger partial charge in [-0.1, -0.05) is 26.7 Å². The highest BCUT2D eigenvalue weighted by molar-refractivity contribution is 5.87. The standard InChI is InChI=1S/C24H30O8/c1-3-5-15-29-17-7-11-19(12-8-17)31-23(27)21(25)22(26)24(28)32-20-13-9-18(10-14-20)30-16-6-4-2/h7-14,21-22,25-26H,3-6,15-16H2,1-2H3. The summed E-state index contributed by atoms with van der Waals surface area (Å²) in [7, 11) is 0. The lowest BCUT2D eigenvalue weighted by Gasteiger charge is -2.16. The van der Waals surface area contributed by atoms with E-state index in [9.17, 15) is 19.8 Å². The maximum Gasteiger partial charge on any atom is 0.343 e. The maximum atomic E-state index is 12.1. The van der Waals surface area contributed by atoms with E-state index in [-0.39, 0.29) is 11.5 Å². The summed E-state index contributed by atoms with van der Waals surface area (Å²) in [5.74, 6) is -0.872. The normalized spacial score (nSPS) is 12.5. The summed E-state index contributed by atoms with van der Waals surface area (Å²) in [5, 5.41) is 20.0. The molecule has 2 atom stereocenters. The minimum atomic E-state index is -2.11. The lowest BCUT2D eigenvalue weighted by molar-refractivity contribution is -0.162. The first-order valence-electron chi connectivity index (χ1n) is 10.7. The van der Waals surface area contributed by atoms with Crippen LogP contribution in [0.25, 0.3) is 0 Å². The maximum absolute atomic E-state index is 12.1. The summed E-state index contributed by atoms with van der Waals surface area (Å²) < 4.78 is 21.0. The molecule has 0 heterocycles. The molecule has 0 aliphatic carbocycles. The predicted octanol–water partition coefficient (Wildman–Crippen LogP) is 3.28. The van der Waals surface area contributed by atoms with Gasteiger partial charge in [-0.3, -0.25) is 0 Å². The average Bonchev–Trinajstić information content (AvgIpc) is 2.80. The minimum Gasteiger partial charge on any atom is -0.494 e. The molecule has 0 aromatic heterocycles. The fraction of sp³-hybridized carbons (Fsp3) is 0.417. The summed E-state index contributed by atoms with van der Waals surface area (Å²) in [5.41, 5.74) is 0. The number of carbonyl (C=O) groups is 2. The molecule has 2 aromatic rings. The Balaban J connectivity index is 1.84. The van der Waals surface area contributed by atoms with Crippen molar-refractivity contribution in [3.63, 3.8) is 0 Å². The molecule has 2 rings (SSSR count). The molecule has 0 spiro atoms. The summed E-state index contributed by atoms with van der Waals surface area (Å²) in [6.45, 7) is 5.28. The van der Waals surface area contributed by atoms with Gasteiger partial charge in [0.15, 0.2) is 12.2 Å². The number of ether oxygens (including phenoxy) is 4. The molecule has 32 heavy (non-hydrogen) atoms. The number of carbonyl (C=O) groups excluding carboxylic acids is 2. The lowest BCUT2D eigenvalue weighted by Crippen LogP contribution is -2.43. The van der Waals surface area contributed by atoms with Gasteiger partial charge in [-0.15, -0.1) is 0 Å². The van der Waals surface area contributed by atoms with Gasteiger partial charge in [-0.25, -0.2) is 9.59 Å². The number of rotatable bonds is 13. The molecule has 0 saturated carbocycles. The van der Waals surface area contributed by atoms with Crippen molar-refractivity contribution in [2.24, 2.45) is 0 Å². The Morgan fingerprint density at radius 2 is 0.969 bits per heavy atom. The first kappa shape index (κ1) is 25.2. The molecule has 0 saturated heterocycles. The highest BCUT2D eigenvalue weighted by Gasteiger charge is 2.33. The Morgan fingerprint density at radius 1 is 0.656 bits per heavy atom. The Kier molecular flexibility index (Phi) is 10.5. The molecule has 0 bridgehead atoms. The van der Waals surface area contributed by atoms with E-state index in [0.717, 1.165) is 25.7 Å². The Bertz CT molecular complexity index is 761. The van der Waals surface area contributed by atoms with E-state index >= 15 is 0 Å². The second kappa shape index (κ2) is 13.3. The number of esters is 2. The Morgan fingerprint density at radius 3 is 1.28 bits per heavy atom. The molecule has 0 aliphatic heterocycles. The fourth-order valence-electron chi connectivity index (χ4n) is 2.49. The van der Waals surface area contributed by atoms with Crippen molar-refractivity contribution < 1.29 is 38.7 Å². The van der Waals surface area contributed by atoms with Gasteiger partial charge in [0.1, 0.15) is 23.0 Å². The quantitative estimate of drug-likeness (QED) is 0.274. The van der Waals surface area contributed by atoms with Crippen molar-refractivity contribution in [1.82, 2.24) is 0 Å². The molecule has 2 unspecified atom stereocenters. The predicted molar refractivity (Wildman–Crippen MR) is 117 cm³/mol. The third-order valence-electron chi connectivity index (χ3n) is 4.40. The van der Waals surface area contributed by atoms with E-state index in [1.54, 1.807) is 24.3 Å². The first-order chi connectivity index (χ1) is 15.4. The third-order valence-corrected chi connectivity index (χ3v) is 4.40. The zero-order valence-electron chi connectivity index (χ0n) is 18.4. The second-order valence-electron chi connectivity index (χ2n) is 7.08. The van der Waals surface area contributed by atoms with Crippen molar-refractivity contribution in [3.8, 4) is 23.0 Å². The van der Waals surface area contributed by atoms with Crippen molar-refractivity contribution in [2.75, 3.05) is 13.2 Å². The summed E-state index contributed by atoms with van der Waals surface area (Å²) in [4.78, 5) is 24.2. The molecule has 0 fully saturated rings. The first-order valence-corrected chi connectivity index (χ1v) is 10.7. The van der Waals surface area contributed by atoms with Crippen LogP contribution in [0.15, 0.2) is 48.5 Å². The van der Waals surface area contributed by atoms with Crippen LogP contribution in [0.4, 0.5) is 0 Å². The third kappa shape index (κ3) is 8.20. The molecule has 2 aromatic carbocycles. The van der Waals surface area contributed by atoms with E-state index in [2.05, 4.69) is 13.8 Å². The van der Waals surface area contributed by atoms with Gasteiger partial charge in [0.25, 0.3) is 0 Å². The monoisotopic (exact) mass is 446 g/mol. The average molecular weight is 446 g/mol. The van der Waals surface area contributed by atoms with Crippen LogP contribution in [0.1, 0.15) is 39.5 Å². The Hall–Kier alpha value is -3.10. The molecular formula is C24H30O8. The van der Waals surface area contributed by atoms with E-state index in [1.165, 1.54) is 24.3 Å². The van der Waals surface area contributed by atoms with E-state index in [1.807, 2.05) is 0 Å². The van der Waals surface area contributed by atoms with Crippen molar-refractivity contribution in [3.05, 3.63) is 48.5 Å². The fourth-order valence-corrected chi connectivity index (χ4v) is 2.49. The molecular weight excluding hydrogens is 416 g/mol.